The van der Waals surface area contributed by atoms with Crippen molar-refractivity contribution in [2.24, 2.45) is 17.3 Å². The first-order chi connectivity index (χ1) is 13.8. The molecule has 1 aromatic heterocycles. The molecule has 1 aromatic rings. The molecule has 0 bridgehead atoms. The van der Waals surface area contributed by atoms with E-state index in [0.29, 0.717) is 12.0 Å². The number of aryl methyl sites for hydroxylation is 2. The molecule has 1 N–H and O–H groups in total. The van der Waals surface area contributed by atoms with E-state index in [-0.39, 0.29) is 5.41 Å². The summed E-state index contributed by atoms with van der Waals surface area (Å²) in [6.45, 7) is 12.0. The highest BCUT2D eigenvalue weighted by Crippen LogP contribution is 2.54. The maximum absolute atomic E-state index is 13.2. The third kappa shape index (κ3) is 3.37. The highest BCUT2D eigenvalue weighted by Gasteiger charge is 2.51. The van der Waals surface area contributed by atoms with Crippen molar-refractivity contribution in [3.8, 4) is 0 Å². The normalized spacial score (nSPS) is 37.6. The lowest BCUT2D eigenvalue weighted by atomic mass is 9.65. The number of hydrogen-bond acceptors (Lipinski definition) is 3. The molecular weight excluding hydrogens is 360 g/mol. The van der Waals surface area contributed by atoms with Crippen molar-refractivity contribution in [3.63, 3.8) is 0 Å². The summed E-state index contributed by atoms with van der Waals surface area (Å²) in [5, 5.41) is 26.3. The van der Waals surface area contributed by atoms with E-state index >= 15 is 0 Å². The van der Waals surface area contributed by atoms with Gasteiger partial charge in [0.2, 0.25) is 0 Å². The van der Waals surface area contributed by atoms with Crippen LogP contribution in [0.15, 0.2) is 17.8 Å². The number of nitrogens with zero attached hydrogens (tertiary/aromatic N) is 1. The van der Waals surface area contributed by atoms with Crippen molar-refractivity contribution in [2.45, 2.75) is 97.3 Å². The largest absolute Gasteiger partial charge is 0.851 e. The molecule has 1 saturated heterocycles. The van der Waals surface area contributed by atoms with Gasteiger partial charge < -0.3 is 20.1 Å². The Balaban J connectivity index is 1.62. The SMILES string of the molecule is CCCCN1C(=CC2C([O-])C(c3[nH]c(C)cc3C)C2[O-])C(C)(C)C2CCCCC21. The van der Waals surface area contributed by atoms with E-state index in [1.807, 2.05) is 19.9 Å². The van der Waals surface area contributed by atoms with Crippen molar-refractivity contribution in [1.82, 2.24) is 9.88 Å². The summed E-state index contributed by atoms with van der Waals surface area (Å²) in [4.78, 5) is 5.89. The van der Waals surface area contributed by atoms with Gasteiger partial charge >= 0.3 is 0 Å². The Morgan fingerprint density at radius 3 is 2.48 bits per heavy atom. The topological polar surface area (TPSA) is 65.1 Å². The summed E-state index contributed by atoms with van der Waals surface area (Å²) in [5.74, 6) is -0.179. The van der Waals surface area contributed by atoms with Crippen LogP contribution in [0.1, 0.15) is 82.2 Å². The first-order valence-corrected chi connectivity index (χ1v) is 11.7. The van der Waals surface area contributed by atoms with E-state index in [0.717, 1.165) is 23.5 Å². The molecule has 4 unspecified atom stereocenters. The minimum atomic E-state index is -0.840. The third-order valence-electron chi connectivity index (χ3n) is 8.12. The van der Waals surface area contributed by atoms with Crippen LogP contribution in [0.25, 0.3) is 0 Å². The van der Waals surface area contributed by atoms with Crippen molar-refractivity contribution in [2.75, 3.05) is 6.54 Å². The molecule has 162 valence electrons. The van der Waals surface area contributed by atoms with Gasteiger partial charge in [-0.2, -0.15) is 0 Å². The summed E-state index contributed by atoms with van der Waals surface area (Å²) in [7, 11) is 0. The van der Waals surface area contributed by atoms with E-state index in [9.17, 15) is 10.2 Å². The number of nitrogens with one attached hydrogen (secondary N) is 1. The van der Waals surface area contributed by atoms with Crippen molar-refractivity contribution >= 4 is 0 Å². The Morgan fingerprint density at radius 1 is 1.17 bits per heavy atom. The van der Waals surface area contributed by atoms with Crippen LogP contribution in [0.4, 0.5) is 0 Å². The van der Waals surface area contributed by atoms with Gasteiger partial charge in [-0.05, 0) is 62.5 Å². The predicted molar refractivity (Wildman–Crippen MR) is 113 cm³/mol. The number of rotatable bonds is 5. The van der Waals surface area contributed by atoms with Crippen LogP contribution >= 0.6 is 0 Å². The first kappa shape index (κ1) is 21.0. The number of aromatic nitrogens is 1. The zero-order valence-corrected chi connectivity index (χ0v) is 18.8. The second kappa shape index (κ2) is 7.77. The highest BCUT2D eigenvalue weighted by atomic mass is 16.3. The van der Waals surface area contributed by atoms with E-state index in [1.165, 1.54) is 44.2 Å². The van der Waals surface area contributed by atoms with Crippen molar-refractivity contribution in [3.05, 3.63) is 34.8 Å². The van der Waals surface area contributed by atoms with Crippen molar-refractivity contribution < 1.29 is 10.2 Å². The molecule has 4 nitrogen and oxygen atoms in total. The Morgan fingerprint density at radius 2 is 1.86 bits per heavy atom. The third-order valence-corrected chi connectivity index (χ3v) is 8.12. The summed E-state index contributed by atoms with van der Waals surface area (Å²) in [5.41, 5.74) is 4.32. The van der Waals surface area contributed by atoms with Gasteiger partial charge in [-0.25, -0.2) is 0 Å². The van der Waals surface area contributed by atoms with Gasteiger partial charge in [0.25, 0.3) is 0 Å². The van der Waals surface area contributed by atoms with Crippen LogP contribution in [0, 0.1) is 31.1 Å². The molecule has 4 atom stereocenters. The molecule has 1 aliphatic heterocycles. The van der Waals surface area contributed by atoms with E-state index in [4.69, 9.17) is 0 Å². The lowest BCUT2D eigenvalue weighted by Gasteiger charge is -2.60. The lowest BCUT2D eigenvalue weighted by Crippen LogP contribution is -2.65. The first-order valence-electron chi connectivity index (χ1n) is 11.7. The molecule has 2 heterocycles. The Labute approximate surface area is 176 Å². The van der Waals surface area contributed by atoms with Gasteiger partial charge in [-0.15, -0.1) is 12.2 Å². The fraction of sp³-hybridized carbons (Fsp3) is 0.760. The van der Waals surface area contributed by atoms with E-state index < -0.39 is 24.0 Å². The zero-order chi connectivity index (χ0) is 20.9. The quantitative estimate of drug-likeness (QED) is 0.827. The number of fused-ring (bicyclic) bond motifs is 1. The summed E-state index contributed by atoms with van der Waals surface area (Å²) < 4.78 is 0. The summed E-state index contributed by atoms with van der Waals surface area (Å²) in [6.07, 6.45) is 7.94. The Hall–Kier alpha value is -1.26. The molecule has 0 spiro atoms. The zero-order valence-electron chi connectivity index (χ0n) is 18.8. The number of likely N-dealkylation sites (tertiary alicyclic amines) is 1. The fourth-order valence-corrected chi connectivity index (χ4v) is 6.49. The standard InChI is InChI=1S/C25H38N2O2/c1-6-7-12-27-19-11-9-8-10-18(19)25(4,5)20(27)14-17-23(28)21(24(17)29)22-15(2)13-16(3)26-22/h13-14,17-19,21,23-24,26H,6-12H2,1-5H3/q-2. The second-order valence-corrected chi connectivity index (χ2v) is 10.4. The van der Waals surface area contributed by atoms with E-state index in [2.05, 4.69) is 36.7 Å². The summed E-state index contributed by atoms with van der Waals surface area (Å²) >= 11 is 0. The Kier molecular flexibility index (Phi) is 5.63. The van der Waals surface area contributed by atoms with Gasteiger partial charge in [0, 0.05) is 35.1 Å². The molecule has 2 aliphatic carbocycles. The van der Waals surface area contributed by atoms with Gasteiger partial charge in [0.05, 0.1) is 0 Å². The smallest absolute Gasteiger partial charge is 0.0324 e. The minimum Gasteiger partial charge on any atom is -0.851 e. The number of allylic oxidation sites excluding steroid dienone is 1. The van der Waals surface area contributed by atoms with E-state index in [1.54, 1.807) is 0 Å². The van der Waals surface area contributed by atoms with Gasteiger partial charge in [0.1, 0.15) is 0 Å². The molecule has 4 heteroatoms. The maximum atomic E-state index is 13.2. The molecule has 0 radical (unpaired) electrons. The average molecular weight is 399 g/mol. The molecule has 4 rings (SSSR count). The van der Waals surface area contributed by atoms with Crippen LogP contribution in [-0.4, -0.2) is 34.7 Å². The second-order valence-electron chi connectivity index (χ2n) is 10.4. The highest BCUT2D eigenvalue weighted by molar-refractivity contribution is 5.34. The molecule has 0 amide bonds. The molecule has 0 aromatic carbocycles. The lowest BCUT2D eigenvalue weighted by molar-refractivity contribution is -0.543. The Bertz CT molecular complexity index is 755. The van der Waals surface area contributed by atoms with Crippen LogP contribution in [0.5, 0.6) is 0 Å². The monoisotopic (exact) mass is 398 g/mol. The molecule has 3 aliphatic rings. The maximum Gasteiger partial charge on any atom is 0.0324 e. The van der Waals surface area contributed by atoms with Gasteiger partial charge in [0.15, 0.2) is 0 Å². The van der Waals surface area contributed by atoms with Crippen molar-refractivity contribution in [1.29, 1.82) is 0 Å². The average Bonchev–Trinajstić information content (AvgIpc) is 3.11. The number of aromatic amines is 1. The molecule has 3 fully saturated rings. The molecule has 29 heavy (non-hydrogen) atoms. The summed E-state index contributed by atoms with van der Waals surface area (Å²) in [6, 6.07) is 2.63. The number of hydrogen-bond donors (Lipinski definition) is 1. The van der Waals surface area contributed by atoms with Gasteiger partial charge in [-0.3, -0.25) is 0 Å². The molecule has 2 saturated carbocycles. The minimum absolute atomic E-state index is 0.0578. The van der Waals surface area contributed by atoms with Crippen LogP contribution in [-0.2, 0) is 0 Å². The van der Waals surface area contributed by atoms with Crippen LogP contribution < -0.4 is 10.2 Å². The molecular formula is C25H38N2O2-2. The fourth-order valence-electron chi connectivity index (χ4n) is 6.49. The predicted octanol–water partition coefficient (Wildman–Crippen LogP) is 3.39. The van der Waals surface area contributed by atoms with Crippen LogP contribution in [0.2, 0.25) is 0 Å². The number of unbranched alkanes of at least 4 members (excludes halogenated alkanes) is 1. The van der Waals surface area contributed by atoms with Gasteiger partial charge in [-0.1, -0.05) is 46.1 Å². The van der Waals surface area contributed by atoms with Crippen LogP contribution in [0.3, 0.4) is 0 Å². The number of H-pyrrole nitrogens is 1.